The molecule has 1 N–H and O–H groups in total. The minimum atomic E-state index is -0.810. The summed E-state index contributed by atoms with van der Waals surface area (Å²) in [5, 5.41) is 11.4. The van der Waals surface area contributed by atoms with Gasteiger partial charge in [0, 0.05) is 24.2 Å². The number of ether oxygens (including phenoxy) is 3. The second-order valence-corrected chi connectivity index (χ2v) is 7.04. The van der Waals surface area contributed by atoms with Crippen LogP contribution in [0.4, 0.5) is 0 Å². The summed E-state index contributed by atoms with van der Waals surface area (Å²) in [6, 6.07) is 10.7. The summed E-state index contributed by atoms with van der Waals surface area (Å²) in [6.45, 7) is 0.412. The van der Waals surface area contributed by atoms with E-state index >= 15 is 0 Å². The van der Waals surface area contributed by atoms with Crippen LogP contribution in [-0.2, 0) is 14.3 Å². The molecule has 2 aromatic rings. The summed E-state index contributed by atoms with van der Waals surface area (Å²) in [5.74, 6) is -0.794. The predicted molar refractivity (Wildman–Crippen MR) is 112 cm³/mol. The lowest BCUT2D eigenvalue weighted by atomic mass is 9.95. The third kappa shape index (κ3) is 3.99. The third-order valence-corrected chi connectivity index (χ3v) is 5.17. The van der Waals surface area contributed by atoms with E-state index in [9.17, 15) is 14.7 Å². The maximum atomic E-state index is 12.9. The van der Waals surface area contributed by atoms with Crippen LogP contribution in [0.2, 0.25) is 5.02 Å². The maximum absolute atomic E-state index is 12.9. The number of Topliss-reactive ketones (excluding diaryl/α,β-unsaturated/α-hetero) is 1. The number of aliphatic hydroxyl groups excluding tert-OH is 1. The van der Waals surface area contributed by atoms with Gasteiger partial charge in [-0.25, -0.2) is 0 Å². The molecule has 1 atom stereocenters. The number of nitrogens with zero attached hydrogens (tertiary/aromatic N) is 1. The monoisotopic (exact) mass is 431 g/mol. The lowest BCUT2D eigenvalue weighted by molar-refractivity contribution is -0.140. The van der Waals surface area contributed by atoms with Gasteiger partial charge in [0.25, 0.3) is 11.7 Å². The highest BCUT2D eigenvalue weighted by atomic mass is 35.5. The van der Waals surface area contributed by atoms with Crippen molar-refractivity contribution in [2.45, 2.75) is 6.04 Å². The van der Waals surface area contributed by atoms with Gasteiger partial charge in [0.2, 0.25) is 0 Å². The Hall–Kier alpha value is -3.03. The first kappa shape index (κ1) is 21.7. The molecule has 3 rings (SSSR count). The molecule has 1 saturated heterocycles. The standard InChI is InChI=1S/C22H22ClNO6/c1-28-11-10-24-19(14-6-9-16(29-2)17(12-14)30-3)18(21(26)22(24)27)20(25)13-4-7-15(23)8-5-13/h4-9,12,19,25H,10-11H2,1-3H3/t19-/m1/s1. The second kappa shape index (κ2) is 9.19. The number of halogens is 1. The zero-order chi connectivity index (χ0) is 21.8. The molecule has 1 aliphatic rings. The van der Waals surface area contributed by atoms with E-state index in [1.807, 2.05) is 0 Å². The molecule has 0 aliphatic carbocycles. The molecule has 2 aromatic carbocycles. The lowest BCUT2D eigenvalue weighted by Gasteiger charge is -2.25. The van der Waals surface area contributed by atoms with Gasteiger partial charge in [-0.1, -0.05) is 17.7 Å². The largest absolute Gasteiger partial charge is 0.507 e. The fourth-order valence-corrected chi connectivity index (χ4v) is 3.56. The number of carbonyl (C=O) groups is 2. The van der Waals surface area contributed by atoms with Crippen molar-refractivity contribution >= 4 is 29.1 Å². The third-order valence-electron chi connectivity index (χ3n) is 4.92. The van der Waals surface area contributed by atoms with Crippen molar-refractivity contribution < 1.29 is 28.9 Å². The molecule has 30 heavy (non-hydrogen) atoms. The molecule has 0 aromatic heterocycles. The number of methoxy groups -OCH3 is 3. The lowest BCUT2D eigenvalue weighted by Crippen LogP contribution is -2.32. The Kier molecular flexibility index (Phi) is 6.64. The van der Waals surface area contributed by atoms with E-state index < -0.39 is 17.7 Å². The van der Waals surface area contributed by atoms with Crippen LogP contribution >= 0.6 is 11.6 Å². The van der Waals surface area contributed by atoms with Gasteiger partial charge in [0.15, 0.2) is 11.5 Å². The van der Waals surface area contributed by atoms with Crippen LogP contribution in [0.3, 0.4) is 0 Å². The summed E-state index contributed by atoms with van der Waals surface area (Å²) in [4.78, 5) is 27.0. The molecule has 0 radical (unpaired) electrons. The van der Waals surface area contributed by atoms with Crippen molar-refractivity contribution in [2.75, 3.05) is 34.5 Å². The summed E-state index contributed by atoms with van der Waals surface area (Å²) in [6.07, 6.45) is 0. The molecule has 1 fully saturated rings. The Morgan fingerprint density at radius 1 is 1.03 bits per heavy atom. The maximum Gasteiger partial charge on any atom is 0.295 e. The van der Waals surface area contributed by atoms with Crippen LogP contribution in [0.5, 0.6) is 11.5 Å². The van der Waals surface area contributed by atoms with Crippen LogP contribution in [0.1, 0.15) is 17.2 Å². The first-order chi connectivity index (χ1) is 14.4. The van der Waals surface area contributed by atoms with E-state index in [1.165, 1.54) is 26.2 Å². The molecular weight excluding hydrogens is 410 g/mol. The number of amides is 1. The topological polar surface area (TPSA) is 85.3 Å². The average Bonchev–Trinajstić information content (AvgIpc) is 3.01. The predicted octanol–water partition coefficient (Wildman–Crippen LogP) is 3.43. The molecule has 158 valence electrons. The zero-order valence-corrected chi connectivity index (χ0v) is 17.6. The number of aliphatic hydroxyl groups is 1. The number of benzene rings is 2. The van der Waals surface area contributed by atoms with Crippen molar-refractivity contribution in [3.05, 3.63) is 64.2 Å². The van der Waals surface area contributed by atoms with E-state index in [0.717, 1.165) is 0 Å². The van der Waals surface area contributed by atoms with Gasteiger partial charge in [0.05, 0.1) is 32.4 Å². The molecule has 0 saturated carbocycles. The average molecular weight is 432 g/mol. The molecule has 0 spiro atoms. The Morgan fingerprint density at radius 3 is 2.30 bits per heavy atom. The van der Waals surface area contributed by atoms with Crippen LogP contribution in [-0.4, -0.2) is 56.2 Å². The van der Waals surface area contributed by atoms with Crippen LogP contribution in [0.25, 0.3) is 5.76 Å². The van der Waals surface area contributed by atoms with E-state index in [1.54, 1.807) is 42.5 Å². The molecule has 0 unspecified atom stereocenters. The highest BCUT2D eigenvalue weighted by Crippen LogP contribution is 2.41. The van der Waals surface area contributed by atoms with Crippen molar-refractivity contribution in [3.63, 3.8) is 0 Å². The van der Waals surface area contributed by atoms with Crippen LogP contribution < -0.4 is 9.47 Å². The molecule has 1 heterocycles. The first-order valence-corrected chi connectivity index (χ1v) is 9.56. The van der Waals surface area contributed by atoms with Gasteiger partial charge in [-0.2, -0.15) is 0 Å². The number of carbonyl (C=O) groups excluding carboxylic acids is 2. The molecule has 1 amide bonds. The van der Waals surface area contributed by atoms with Crippen LogP contribution in [0.15, 0.2) is 48.0 Å². The number of rotatable bonds is 7. The molecule has 7 nitrogen and oxygen atoms in total. The normalized spacial score (nSPS) is 18.0. The number of hydrogen-bond acceptors (Lipinski definition) is 6. The van der Waals surface area contributed by atoms with Crippen LogP contribution in [0, 0.1) is 0 Å². The van der Waals surface area contributed by atoms with Gasteiger partial charge < -0.3 is 24.2 Å². The number of likely N-dealkylation sites (tertiary alicyclic amines) is 1. The Balaban J connectivity index is 2.18. The minimum absolute atomic E-state index is 0.00866. The minimum Gasteiger partial charge on any atom is -0.507 e. The van der Waals surface area contributed by atoms with Gasteiger partial charge in [-0.05, 0) is 42.0 Å². The van der Waals surface area contributed by atoms with Crippen molar-refractivity contribution in [3.8, 4) is 11.5 Å². The first-order valence-electron chi connectivity index (χ1n) is 9.18. The summed E-state index contributed by atoms with van der Waals surface area (Å²) < 4.78 is 15.7. The van der Waals surface area contributed by atoms with E-state index in [-0.39, 0.29) is 24.5 Å². The van der Waals surface area contributed by atoms with Crippen molar-refractivity contribution in [1.29, 1.82) is 0 Å². The summed E-state index contributed by atoms with van der Waals surface area (Å²) in [7, 11) is 4.52. The molecule has 0 bridgehead atoms. The summed E-state index contributed by atoms with van der Waals surface area (Å²) in [5.41, 5.74) is 0.971. The fourth-order valence-electron chi connectivity index (χ4n) is 3.43. The smallest absolute Gasteiger partial charge is 0.295 e. The fraction of sp³-hybridized carbons (Fsp3) is 0.273. The molecule has 8 heteroatoms. The van der Waals surface area contributed by atoms with E-state index in [0.29, 0.717) is 27.6 Å². The Labute approximate surface area is 179 Å². The van der Waals surface area contributed by atoms with Gasteiger partial charge in [0.1, 0.15) is 5.76 Å². The Morgan fingerprint density at radius 2 is 1.70 bits per heavy atom. The SMILES string of the molecule is COCCN1C(=O)C(=O)C(=C(O)c2ccc(Cl)cc2)[C@H]1c1ccc(OC)c(OC)c1. The Bertz CT molecular complexity index is 986. The van der Waals surface area contributed by atoms with Gasteiger partial charge in [-0.15, -0.1) is 0 Å². The highest BCUT2D eigenvalue weighted by molar-refractivity contribution is 6.46. The van der Waals surface area contributed by atoms with Gasteiger partial charge >= 0.3 is 0 Å². The van der Waals surface area contributed by atoms with E-state index in [2.05, 4.69) is 0 Å². The van der Waals surface area contributed by atoms with Gasteiger partial charge in [-0.3, -0.25) is 9.59 Å². The zero-order valence-electron chi connectivity index (χ0n) is 16.8. The number of hydrogen-bond donors (Lipinski definition) is 1. The molecular formula is C22H22ClNO6. The quantitative estimate of drug-likeness (QED) is 0.410. The second-order valence-electron chi connectivity index (χ2n) is 6.61. The van der Waals surface area contributed by atoms with Crippen molar-refractivity contribution in [1.82, 2.24) is 4.90 Å². The van der Waals surface area contributed by atoms with E-state index in [4.69, 9.17) is 25.8 Å². The number of ketones is 1. The van der Waals surface area contributed by atoms with Crippen molar-refractivity contribution in [2.24, 2.45) is 0 Å². The molecule has 1 aliphatic heterocycles. The summed E-state index contributed by atoms with van der Waals surface area (Å²) >= 11 is 5.93. The highest BCUT2D eigenvalue weighted by Gasteiger charge is 2.46.